The topological polar surface area (TPSA) is 62.1 Å². The van der Waals surface area contributed by atoms with Crippen molar-refractivity contribution in [1.82, 2.24) is 20.2 Å². The second-order valence-corrected chi connectivity index (χ2v) is 7.20. The molecular formula is C18H17ClN4O2S. The third-order valence-electron chi connectivity index (χ3n) is 3.90. The fraction of sp³-hybridized carbons (Fsp3) is 0.278. The molecule has 3 aromatic rings. The first-order valence-electron chi connectivity index (χ1n) is 8.30. The summed E-state index contributed by atoms with van der Waals surface area (Å²) in [6, 6.07) is 14.0. The van der Waals surface area contributed by atoms with Crippen molar-refractivity contribution in [2.24, 2.45) is 0 Å². The molecule has 0 N–H and O–H groups in total. The van der Waals surface area contributed by atoms with Crippen molar-refractivity contribution in [2.75, 3.05) is 13.2 Å². The van der Waals surface area contributed by atoms with E-state index >= 15 is 0 Å². The van der Waals surface area contributed by atoms with E-state index in [1.54, 1.807) is 16.4 Å². The molecule has 8 heteroatoms. The van der Waals surface area contributed by atoms with Crippen LogP contribution in [0.3, 0.4) is 0 Å². The summed E-state index contributed by atoms with van der Waals surface area (Å²) in [7, 11) is 0. The van der Waals surface area contributed by atoms with E-state index in [9.17, 15) is 0 Å². The Morgan fingerprint density at radius 1 is 1.08 bits per heavy atom. The van der Waals surface area contributed by atoms with E-state index in [-0.39, 0.29) is 0 Å². The van der Waals surface area contributed by atoms with Gasteiger partial charge in [-0.15, -0.1) is 5.10 Å². The summed E-state index contributed by atoms with van der Waals surface area (Å²) in [5.41, 5.74) is 2.19. The van der Waals surface area contributed by atoms with E-state index < -0.39 is 0 Å². The minimum absolute atomic E-state index is 0.573. The molecule has 2 aromatic carbocycles. The fourth-order valence-corrected chi connectivity index (χ4v) is 3.77. The van der Waals surface area contributed by atoms with Crippen molar-refractivity contribution in [3.8, 4) is 11.5 Å². The number of hydrogen-bond donors (Lipinski definition) is 0. The van der Waals surface area contributed by atoms with E-state index in [0.29, 0.717) is 42.0 Å². The summed E-state index contributed by atoms with van der Waals surface area (Å²) in [6.07, 6.45) is 0.851. The molecule has 0 bridgehead atoms. The maximum absolute atomic E-state index is 6.36. The molecule has 1 aliphatic heterocycles. The highest BCUT2D eigenvalue weighted by Gasteiger charge is 2.16. The molecule has 0 fully saturated rings. The van der Waals surface area contributed by atoms with Gasteiger partial charge in [0.25, 0.3) is 0 Å². The van der Waals surface area contributed by atoms with Crippen LogP contribution in [0.4, 0.5) is 0 Å². The van der Waals surface area contributed by atoms with Crippen LogP contribution >= 0.6 is 23.4 Å². The molecule has 0 saturated heterocycles. The molecule has 0 aliphatic carbocycles. The van der Waals surface area contributed by atoms with Gasteiger partial charge in [0.15, 0.2) is 11.5 Å². The highest BCUT2D eigenvalue weighted by atomic mass is 35.5. The molecule has 0 unspecified atom stereocenters. The van der Waals surface area contributed by atoms with Gasteiger partial charge in [0.2, 0.25) is 5.16 Å². The lowest BCUT2D eigenvalue weighted by Gasteiger charge is -2.11. The van der Waals surface area contributed by atoms with E-state index in [2.05, 4.69) is 27.7 Å². The van der Waals surface area contributed by atoms with E-state index in [0.717, 1.165) is 22.7 Å². The standard InChI is InChI=1S/C18H17ClN4O2S/c19-15-9-14(10-16-17(15)25-8-4-7-24-16)12-26-18-20-21-22-23(18)11-13-5-2-1-3-6-13/h1-3,5-6,9-10H,4,7-8,11-12H2. The lowest BCUT2D eigenvalue weighted by molar-refractivity contribution is 0.297. The van der Waals surface area contributed by atoms with Gasteiger partial charge < -0.3 is 9.47 Å². The molecule has 26 heavy (non-hydrogen) atoms. The number of thioether (sulfide) groups is 1. The molecule has 134 valence electrons. The van der Waals surface area contributed by atoms with Gasteiger partial charge in [-0.2, -0.15) is 0 Å². The van der Waals surface area contributed by atoms with Crippen LogP contribution in [0.15, 0.2) is 47.6 Å². The largest absolute Gasteiger partial charge is 0.489 e. The summed E-state index contributed by atoms with van der Waals surface area (Å²) in [4.78, 5) is 0. The molecule has 1 aliphatic rings. The third-order valence-corrected chi connectivity index (χ3v) is 5.21. The van der Waals surface area contributed by atoms with E-state index in [1.165, 1.54) is 0 Å². The van der Waals surface area contributed by atoms with Crippen LogP contribution in [-0.4, -0.2) is 33.4 Å². The Hall–Kier alpha value is -2.25. The van der Waals surface area contributed by atoms with Gasteiger partial charge in [-0.1, -0.05) is 53.7 Å². The lowest BCUT2D eigenvalue weighted by atomic mass is 10.2. The monoisotopic (exact) mass is 388 g/mol. The first-order valence-corrected chi connectivity index (χ1v) is 9.67. The summed E-state index contributed by atoms with van der Waals surface area (Å²) < 4.78 is 13.2. The Bertz CT molecular complexity index is 888. The van der Waals surface area contributed by atoms with Gasteiger partial charge in [0, 0.05) is 12.2 Å². The summed E-state index contributed by atoms with van der Waals surface area (Å²) in [5, 5.41) is 13.4. The fourth-order valence-electron chi connectivity index (χ4n) is 2.67. The number of hydrogen-bond acceptors (Lipinski definition) is 6. The number of ether oxygens (including phenoxy) is 2. The zero-order chi connectivity index (χ0) is 17.8. The van der Waals surface area contributed by atoms with Gasteiger partial charge in [0.05, 0.1) is 24.8 Å². The van der Waals surface area contributed by atoms with Crippen molar-refractivity contribution in [2.45, 2.75) is 23.9 Å². The first-order chi connectivity index (χ1) is 12.8. The Labute approximate surface area is 160 Å². The van der Waals surface area contributed by atoms with Gasteiger partial charge in [-0.25, -0.2) is 4.68 Å². The smallest absolute Gasteiger partial charge is 0.209 e. The summed E-state index contributed by atoms with van der Waals surface area (Å²) in [5.74, 6) is 2.02. The van der Waals surface area contributed by atoms with Crippen molar-refractivity contribution in [3.63, 3.8) is 0 Å². The van der Waals surface area contributed by atoms with E-state index in [4.69, 9.17) is 21.1 Å². The molecular weight excluding hydrogens is 372 g/mol. The Balaban J connectivity index is 1.47. The van der Waals surface area contributed by atoms with Crippen LogP contribution < -0.4 is 9.47 Å². The first kappa shape index (κ1) is 17.2. The number of tetrazole rings is 1. The van der Waals surface area contributed by atoms with Gasteiger partial charge >= 0.3 is 0 Å². The molecule has 4 rings (SSSR count). The van der Waals surface area contributed by atoms with Crippen LogP contribution in [0.1, 0.15) is 17.5 Å². The quantitative estimate of drug-likeness (QED) is 0.619. The van der Waals surface area contributed by atoms with Gasteiger partial charge in [-0.3, -0.25) is 0 Å². The lowest BCUT2D eigenvalue weighted by Crippen LogP contribution is -2.03. The van der Waals surface area contributed by atoms with Crippen LogP contribution in [0.25, 0.3) is 0 Å². The van der Waals surface area contributed by atoms with Crippen molar-refractivity contribution in [1.29, 1.82) is 0 Å². The van der Waals surface area contributed by atoms with Crippen LogP contribution in [-0.2, 0) is 12.3 Å². The van der Waals surface area contributed by atoms with Crippen molar-refractivity contribution >= 4 is 23.4 Å². The zero-order valence-electron chi connectivity index (χ0n) is 14.0. The second-order valence-electron chi connectivity index (χ2n) is 5.85. The minimum Gasteiger partial charge on any atom is -0.489 e. The van der Waals surface area contributed by atoms with E-state index in [1.807, 2.05) is 30.3 Å². The number of benzene rings is 2. The van der Waals surface area contributed by atoms with Crippen LogP contribution in [0.2, 0.25) is 5.02 Å². The molecule has 0 amide bonds. The molecule has 0 spiro atoms. The predicted octanol–water partition coefficient (Wildman–Crippen LogP) is 3.83. The van der Waals surface area contributed by atoms with Crippen LogP contribution in [0, 0.1) is 0 Å². The van der Waals surface area contributed by atoms with Crippen molar-refractivity contribution < 1.29 is 9.47 Å². The highest BCUT2D eigenvalue weighted by Crippen LogP contribution is 2.39. The number of aromatic nitrogens is 4. The molecule has 0 radical (unpaired) electrons. The Kier molecular flexibility index (Phi) is 5.26. The SMILES string of the molecule is Clc1cc(CSc2nnnn2Cc2ccccc2)cc2c1OCCCO2. The Morgan fingerprint density at radius 2 is 1.92 bits per heavy atom. The van der Waals surface area contributed by atoms with Crippen molar-refractivity contribution in [3.05, 3.63) is 58.6 Å². The normalized spacial score (nSPS) is 13.4. The average Bonchev–Trinajstić information content (AvgIpc) is 2.94. The number of rotatable bonds is 5. The third kappa shape index (κ3) is 3.94. The average molecular weight is 389 g/mol. The summed E-state index contributed by atoms with van der Waals surface area (Å²) in [6.45, 7) is 1.89. The maximum atomic E-state index is 6.36. The zero-order valence-corrected chi connectivity index (χ0v) is 15.5. The number of fused-ring (bicyclic) bond motifs is 1. The highest BCUT2D eigenvalue weighted by molar-refractivity contribution is 7.98. The molecule has 2 heterocycles. The molecule has 6 nitrogen and oxygen atoms in total. The second kappa shape index (κ2) is 7.97. The molecule has 1 aromatic heterocycles. The maximum Gasteiger partial charge on any atom is 0.209 e. The number of nitrogens with zero attached hydrogens (tertiary/aromatic N) is 4. The number of halogens is 1. The van der Waals surface area contributed by atoms with Gasteiger partial charge in [0.1, 0.15) is 0 Å². The Morgan fingerprint density at radius 3 is 2.81 bits per heavy atom. The van der Waals surface area contributed by atoms with Crippen LogP contribution in [0.5, 0.6) is 11.5 Å². The minimum atomic E-state index is 0.573. The predicted molar refractivity (Wildman–Crippen MR) is 100.0 cm³/mol. The summed E-state index contributed by atoms with van der Waals surface area (Å²) >= 11 is 7.92. The van der Waals surface area contributed by atoms with Gasteiger partial charge in [-0.05, 0) is 33.7 Å². The molecule has 0 atom stereocenters. The molecule has 0 saturated carbocycles.